The summed E-state index contributed by atoms with van der Waals surface area (Å²) in [6, 6.07) is 14.9. The molecule has 40 heavy (non-hydrogen) atoms. The number of nitrogens with two attached hydrogens (primary N) is 1. The van der Waals surface area contributed by atoms with Gasteiger partial charge in [-0.05, 0) is 75.5 Å². The number of aliphatic imine (C=N–C) groups is 2. The first kappa shape index (κ1) is 33.3. The van der Waals surface area contributed by atoms with Crippen LogP contribution in [0.1, 0.15) is 32.3 Å². The molecule has 4 N–H and O–H groups in total. The van der Waals surface area contributed by atoms with Gasteiger partial charge >= 0.3 is 0 Å². The normalized spacial score (nSPS) is 14.7. The molecule has 0 spiro atoms. The fourth-order valence-electron chi connectivity index (χ4n) is 4.73. The van der Waals surface area contributed by atoms with Crippen LogP contribution < -0.4 is 25.4 Å². The van der Waals surface area contributed by atoms with E-state index in [-0.39, 0.29) is 0 Å². The summed E-state index contributed by atoms with van der Waals surface area (Å²) >= 11 is 5.81. The van der Waals surface area contributed by atoms with Crippen LogP contribution in [-0.2, 0) is 0 Å². The van der Waals surface area contributed by atoms with E-state index in [4.69, 9.17) is 9.73 Å². The zero-order chi connectivity index (χ0) is 29.3. The van der Waals surface area contributed by atoms with Gasteiger partial charge in [-0.25, -0.2) is 9.98 Å². The number of allylic oxidation sites excluding steroid dienone is 1. The molecule has 0 radical (unpaired) electrons. The number of nitrogens with zero attached hydrogens (tertiary/aromatic N) is 4. The van der Waals surface area contributed by atoms with Gasteiger partial charge < -0.3 is 30.3 Å². The summed E-state index contributed by atoms with van der Waals surface area (Å²) in [5, 5.41) is 4.94. The molecule has 2 aromatic carbocycles. The van der Waals surface area contributed by atoms with Crippen LogP contribution in [0.3, 0.4) is 0 Å². The highest BCUT2D eigenvalue weighted by molar-refractivity contribution is 7.99. The Bertz CT molecular complexity index is 1140. The molecule has 0 bridgehead atoms. The molecule has 10 heteroatoms. The number of ether oxygens (including phenoxy) is 1. The van der Waals surface area contributed by atoms with Crippen molar-refractivity contribution >= 4 is 60.4 Å². The number of hydrogen-bond acceptors (Lipinski definition) is 8. The zero-order valence-electron chi connectivity index (χ0n) is 24.4. The molecule has 8 nitrogen and oxygen atoms in total. The van der Waals surface area contributed by atoms with E-state index in [1.165, 1.54) is 19.9 Å². The molecule has 3 rings (SSSR count). The van der Waals surface area contributed by atoms with Crippen molar-refractivity contribution in [1.82, 2.24) is 10.2 Å². The van der Waals surface area contributed by atoms with E-state index in [9.17, 15) is 0 Å². The molecule has 0 unspecified atom stereocenters. The fourth-order valence-corrected chi connectivity index (χ4v) is 5.30. The summed E-state index contributed by atoms with van der Waals surface area (Å²) < 4.78 is 9.03. The van der Waals surface area contributed by atoms with E-state index in [1.807, 2.05) is 48.7 Å². The SMILES string of the molecule is C=NC(=Nc1ccc(N2CCC(N(CC)CC)CC2)cc1OC)NC(/C=C\S)=C\c1ccccc1NSC.CN. The largest absolute Gasteiger partial charge is 0.494 e. The van der Waals surface area contributed by atoms with Gasteiger partial charge in [0.25, 0.3) is 0 Å². The van der Waals surface area contributed by atoms with E-state index >= 15 is 0 Å². The van der Waals surface area contributed by atoms with E-state index in [2.05, 4.69) is 75.9 Å². The third-order valence-corrected chi connectivity index (χ3v) is 7.26. The number of para-hydroxylation sites is 1. The smallest absolute Gasteiger partial charge is 0.227 e. The highest BCUT2D eigenvalue weighted by atomic mass is 32.2. The van der Waals surface area contributed by atoms with Crippen molar-refractivity contribution in [3.63, 3.8) is 0 Å². The maximum absolute atomic E-state index is 5.72. The predicted molar refractivity (Wildman–Crippen MR) is 181 cm³/mol. The Labute approximate surface area is 250 Å². The molecule has 0 aliphatic carbocycles. The van der Waals surface area contributed by atoms with Crippen LogP contribution >= 0.6 is 24.6 Å². The number of hydrogen-bond donors (Lipinski definition) is 4. The molecule has 218 valence electrons. The number of thiol groups is 1. The zero-order valence-corrected chi connectivity index (χ0v) is 26.1. The second-order valence-electron chi connectivity index (χ2n) is 8.82. The number of nitrogens with one attached hydrogen (secondary N) is 2. The molecule has 0 amide bonds. The quantitative estimate of drug-likeness (QED) is 0.0844. The van der Waals surface area contributed by atoms with Gasteiger partial charge in [0.1, 0.15) is 11.4 Å². The summed E-state index contributed by atoms with van der Waals surface area (Å²) in [5.74, 6) is 1.06. The third kappa shape index (κ3) is 9.62. The van der Waals surface area contributed by atoms with E-state index in [0.29, 0.717) is 23.4 Å². The molecular formula is C30H45N7OS2. The monoisotopic (exact) mass is 583 g/mol. The average molecular weight is 584 g/mol. The van der Waals surface area contributed by atoms with E-state index in [0.717, 1.165) is 48.8 Å². The predicted octanol–water partition coefficient (Wildman–Crippen LogP) is 6.03. The van der Waals surface area contributed by atoms with Gasteiger partial charge in [0.15, 0.2) is 0 Å². The summed E-state index contributed by atoms with van der Waals surface area (Å²) in [6.07, 6.45) is 8.19. The molecular weight excluding hydrogens is 539 g/mol. The minimum absolute atomic E-state index is 0.365. The van der Waals surface area contributed by atoms with Gasteiger partial charge in [-0.2, -0.15) is 12.6 Å². The summed E-state index contributed by atoms with van der Waals surface area (Å²) in [7, 11) is 3.17. The van der Waals surface area contributed by atoms with Crippen molar-refractivity contribution in [2.45, 2.75) is 32.7 Å². The lowest BCUT2D eigenvalue weighted by atomic mass is 10.0. The van der Waals surface area contributed by atoms with Gasteiger partial charge in [-0.3, -0.25) is 0 Å². The Morgan fingerprint density at radius 2 is 1.90 bits per heavy atom. The number of anilines is 2. The standard InChI is InChI=1S/C29H40N6OS2.CH5N/c1-6-34(7-2)24-14-17-35(18-15-24)25-12-13-27(28(21-25)36-4)32-29(30-3)31-23(16-19-37)20-22-10-8-9-11-26(22)33-38-5;1-2/h8-13,16,19-21,24,33,37H,3,6-7,14-15,17-18H2,1-2,4-5H3,(H,31,32);2H2,1H3/b19-16-,23-20-;. The number of rotatable bonds is 11. The lowest BCUT2D eigenvalue weighted by molar-refractivity contribution is 0.186. The Morgan fingerprint density at radius 3 is 2.50 bits per heavy atom. The Kier molecular flexibility index (Phi) is 15.3. The Morgan fingerprint density at radius 1 is 1.20 bits per heavy atom. The van der Waals surface area contributed by atoms with E-state index in [1.54, 1.807) is 24.5 Å². The van der Waals surface area contributed by atoms with E-state index < -0.39 is 0 Å². The van der Waals surface area contributed by atoms with Crippen LogP contribution in [0.2, 0.25) is 0 Å². The third-order valence-electron chi connectivity index (χ3n) is 6.69. The van der Waals surface area contributed by atoms with Crippen molar-refractivity contribution in [3.05, 3.63) is 65.2 Å². The maximum atomic E-state index is 5.72. The van der Waals surface area contributed by atoms with Crippen LogP contribution in [0.15, 0.2) is 69.6 Å². The molecule has 0 saturated carbocycles. The van der Waals surface area contributed by atoms with Gasteiger partial charge in [-0.1, -0.05) is 44.0 Å². The van der Waals surface area contributed by atoms with Crippen LogP contribution in [0.25, 0.3) is 6.08 Å². The number of methoxy groups -OCH3 is 1. The fraction of sp³-hybridized carbons (Fsp3) is 0.400. The highest BCUT2D eigenvalue weighted by Crippen LogP contribution is 2.34. The molecule has 1 aliphatic rings. The molecule has 1 heterocycles. The van der Waals surface area contributed by atoms with Crippen molar-refractivity contribution < 1.29 is 4.74 Å². The first-order valence-corrected chi connectivity index (χ1v) is 15.3. The van der Waals surface area contributed by atoms with Crippen molar-refractivity contribution in [3.8, 4) is 5.75 Å². The maximum Gasteiger partial charge on any atom is 0.227 e. The van der Waals surface area contributed by atoms with Crippen LogP contribution in [-0.4, -0.2) is 70.2 Å². The van der Waals surface area contributed by atoms with Crippen LogP contribution in [0, 0.1) is 0 Å². The average Bonchev–Trinajstić information content (AvgIpc) is 3.00. The Balaban J connectivity index is 0.00000274. The molecule has 0 aromatic heterocycles. The first-order valence-electron chi connectivity index (χ1n) is 13.5. The first-order chi connectivity index (χ1) is 19.6. The molecule has 1 saturated heterocycles. The van der Waals surface area contributed by atoms with Crippen molar-refractivity contribution in [2.24, 2.45) is 15.7 Å². The van der Waals surface area contributed by atoms with Crippen LogP contribution in [0.5, 0.6) is 5.75 Å². The van der Waals surface area contributed by atoms with Crippen molar-refractivity contribution in [1.29, 1.82) is 0 Å². The summed E-state index contributed by atoms with van der Waals surface area (Å²) in [6.45, 7) is 12.5. The van der Waals surface area contributed by atoms with Gasteiger partial charge in [0.05, 0.1) is 12.8 Å². The minimum Gasteiger partial charge on any atom is -0.494 e. The van der Waals surface area contributed by atoms with Gasteiger partial charge in [-0.15, -0.1) is 0 Å². The van der Waals surface area contributed by atoms with Crippen molar-refractivity contribution in [2.75, 3.05) is 56.2 Å². The second-order valence-corrected chi connectivity index (χ2v) is 9.73. The lowest BCUT2D eigenvalue weighted by Gasteiger charge is -2.38. The summed E-state index contributed by atoms with van der Waals surface area (Å²) in [5.41, 5.74) is 9.13. The molecule has 2 aromatic rings. The van der Waals surface area contributed by atoms with Gasteiger partial charge in [0, 0.05) is 48.4 Å². The molecule has 0 atom stereocenters. The highest BCUT2D eigenvalue weighted by Gasteiger charge is 2.23. The second kappa shape index (κ2) is 18.4. The topological polar surface area (TPSA) is 90.5 Å². The number of benzene rings is 2. The Hall–Kier alpha value is -2.92. The lowest BCUT2D eigenvalue weighted by Crippen LogP contribution is -2.44. The number of piperidine rings is 1. The molecule has 1 fully saturated rings. The summed E-state index contributed by atoms with van der Waals surface area (Å²) in [4.78, 5) is 13.8. The van der Waals surface area contributed by atoms with Crippen LogP contribution in [0.4, 0.5) is 17.1 Å². The molecule has 1 aliphatic heterocycles. The minimum atomic E-state index is 0.365. The van der Waals surface area contributed by atoms with Gasteiger partial charge in [0.2, 0.25) is 5.96 Å². The number of guanidine groups is 1.